The van der Waals surface area contributed by atoms with E-state index >= 15 is 0 Å². The van der Waals surface area contributed by atoms with Gasteiger partial charge in [-0.15, -0.1) is 0 Å². The third-order valence-corrected chi connectivity index (χ3v) is 4.87. The Bertz CT molecular complexity index is 348. The smallest absolute Gasteiger partial charge is 0.336 e. The lowest BCUT2D eigenvalue weighted by Crippen LogP contribution is -2.45. The van der Waals surface area contributed by atoms with Crippen LogP contribution in [0.5, 0.6) is 0 Å². The zero-order valence-corrected chi connectivity index (χ0v) is 16.9. The second-order valence-corrected chi connectivity index (χ2v) is 7.02. The molecule has 0 aromatic rings. The molecule has 0 aliphatic heterocycles. The molecule has 2 N–H and O–H groups in total. The summed E-state index contributed by atoms with van der Waals surface area (Å²) >= 11 is 0. The molecule has 0 bridgehead atoms. The highest BCUT2D eigenvalue weighted by molar-refractivity contribution is 5.83. The Morgan fingerprint density at radius 1 is 0.731 bits per heavy atom. The number of rotatable bonds is 17. The zero-order valence-electron chi connectivity index (χ0n) is 16.9. The van der Waals surface area contributed by atoms with Gasteiger partial charge in [0.2, 0.25) is 0 Å². The molecule has 0 radical (unpaired) electrons. The first-order valence-corrected chi connectivity index (χ1v) is 10.1. The molecule has 4 atom stereocenters. The van der Waals surface area contributed by atoms with Gasteiger partial charge in [-0.2, -0.15) is 0 Å². The molecule has 26 heavy (non-hydrogen) atoms. The van der Waals surface area contributed by atoms with Crippen LogP contribution >= 0.6 is 0 Å². The summed E-state index contributed by atoms with van der Waals surface area (Å²) in [5.74, 6) is -2.10. The normalized spacial score (nSPS) is 16.0. The van der Waals surface area contributed by atoms with E-state index in [0.29, 0.717) is 0 Å². The number of ether oxygens (including phenoxy) is 2. The van der Waals surface area contributed by atoms with Crippen molar-refractivity contribution in [3.63, 3.8) is 0 Å². The number of carbonyl (C=O) groups is 2. The van der Waals surface area contributed by atoms with E-state index in [4.69, 9.17) is 9.47 Å². The van der Waals surface area contributed by atoms with Crippen molar-refractivity contribution in [2.45, 2.75) is 91.3 Å². The lowest BCUT2D eigenvalue weighted by atomic mass is 10.00. The average Bonchev–Trinajstić information content (AvgIpc) is 2.61. The summed E-state index contributed by atoms with van der Waals surface area (Å²) in [6.45, 7) is 8.75. The summed E-state index contributed by atoms with van der Waals surface area (Å²) in [7, 11) is 0. The van der Waals surface area contributed by atoms with E-state index in [-0.39, 0.29) is 25.0 Å². The molecule has 0 aromatic carbocycles. The topological polar surface area (TPSA) is 93.1 Å². The van der Waals surface area contributed by atoms with Crippen LogP contribution in [0, 0.1) is 11.8 Å². The molecule has 0 amide bonds. The van der Waals surface area contributed by atoms with Crippen LogP contribution in [0.25, 0.3) is 0 Å². The van der Waals surface area contributed by atoms with Gasteiger partial charge in [0.25, 0.3) is 0 Å². The fraction of sp³-hybridized carbons (Fsp3) is 0.900. The van der Waals surface area contributed by atoms with Gasteiger partial charge in [0.1, 0.15) is 0 Å². The van der Waals surface area contributed by atoms with E-state index in [0.717, 1.165) is 51.4 Å². The average molecular weight is 375 g/mol. The van der Waals surface area contributed by atoms with Gasteiger partial charge in [-0.3, -0.25) is 0 Å². The molecule has 0 aliphatic carbocycles. The summed E-state index contributed by atoms with van der Waals surface area (Å²) in [6, 6.07) is 0. The molecule has 0 aromatic heterocycles. The molecule has 0 rings (SSSR count). The van der Waals surface area contributed by atoms with Crippen LogP contribution in [0.15, 0.2) is 0 Å². The van der Waals surface area contributed by atoms with Gasteiger partial charge in [0.05, 0.1) is 13.2 Å². The Morgan fingerprint density at radius 3 is 1.31 bits per heavy atom. The third kappa shape index (κ3) is 10.1. The van der Waals surface area contributed by atoms with Crippen molar-refractivity contribution in [1.82, 2.24) is 0 Å². The largest absolute Gasteiger partial charge is 0.479 e. The number of hydrogen-bond donors (Lipinski definition) is 2. The molecule has 0 aliphatic rings. The van der Waals surface area contributed by atoms with Gasteiger partial charge in [-0.1, -0.05) is 66.2 Å². The monoisotopic (exact) mass is 374 g/mol. The SMILES string of the molecule is CCCCC(CC)COC(C(=O)O)C(OCC(CC)CCCC)C(=O)O. The fourth-order valence-corrected chi connectivity index (χ4v) is 2.85. The maximum Gasteiger partial charge on any atom is 0.336 e. The number of hydrogen-bond acceptors (Lipinski definition) is 4. The Morgan fingerprint density at radius 2 is 1.08 bits per heavy atom. The summed E-state index contributed by atoms with van der Waals surface area (Å²) < 4.78 is 11.0. The molecule has 0 saturated carbocycles. The van der Waals surface area contributed by atoms with E-state index in [1.165, 1.54) is 0 Å². The van der Waals surface area contributed by atoms with Crippen molar-refractivity contribution in [2.24, 2.45) is 11.8 Å². The van der Waals surface area contributed by atoms with Crippen LogP contribution < -0.4 is 0 Å². The second kappa shape index (κ2) is 15.0. The number of aliphatic carboxylic acids is 2. The first kappa shape index (κ1) is 24.9. The van der Waals surface area contributed by atoms with E-state index in [1.54, 1.807) is 0 Å². The molecule has 0 saturated heterocycles. The predicted octanol–water partition coefficient (Wildman–Crippen LogP) is 4.36. The third-order valence-electron chi connectivity index (χ3n) is 4.87. The first-order valence-electron chi connectivity index (χ1n) is 10.1. The van der Waals surface area contributed by atoms with Crippen LogP contribution in [0.3, 0.4) is 0 Å². The lowest BCUT2D eigenvalue weighted by molar-refractivity contribution is -0.179. The van der Waals surface area contributed by atoms with Gasteiger partial charge < -0.3 is 19.7 Å². The minimum atomic E-state index is -1.48. The highest BCUT2D eigenvalue weighted by atomic mass is 16.6. The molecular weight excluding hydrogens is 336 g/mol. The Kier molecular flexibility index (Phi) is 14.3. The van der Waals surface area contributed by atoms with Crippen LogP contribution in [0.4, 0.5) is 0 Å². The molecule has 0 fully saturated rings. The van der Waals surface area contributed by atoms with E-state index in [1.807, 2.05) is 13.8 Å². The molecule has 154 valence electrons. The number of carboxylic acids is 2. The predicted molar refractivity (Wildman–Crippen MR) is 101 cm³/mol. The van der Waals surface area contributed by atoms with Gasteiger partial charge >= 0.3 is 11.9 Å². The molecule has 0 spiro atoms. The summed E-state index contributed by atoms with van der Waals surface area (Å²) in [5, 5.41) is 18.9. The van der Waals surface area contributed by atoms with Crippen molar-refractivity contribution in [1.29, 1.82) is 0 Å². The van der Waals surface area contributed by atoms with Crippen LogP contribution in [0.2, 0.25) is 0 Å². The Balaban J connectivity index is 4.83. The summed E-state index contributed by atoms with van der Waals surface area (Å²) in [6.07, 6.45) is 4.92. The quantitative estimate of drug-likeness (QED) is 0.393. The lowest BCUT2D eigenvalue weighted by Gasteiger charge is -2.25. The Labute approximate surface area is 158 Å². The maximum atomic E-state index is 11.6. The van der Waals surface area contributed by atoms with Crippen molar-refractivity contribution in [2.75, 3.05) is 13.2 Å². The summed E-state index contributed by atoms with van der Waals surface area (Å²) in [5.41, 5.74) is 0. The van der Waals surface area contributed by atoms with Crippen molar-refractivity contribution >= 4 is 11.9 Å². The number of carboxylic acid groups (broad SMARTS) is 2. The first-order chi connectivity index (χ1) is 12.4. The molecule has 6 heteroatoms. The molecule has 4 unspecified atom stereocenters. The van der Waals surface area contributed by atoms with Crippen LogP contribution in [-0.2, 0) is 19.1 Å². The van der Waals surface area contributed by atoms with Crippen LogP contribution in [0.1, 0.15) is 79.1 Å². The van der Waals surface area contributed by atoms with E-state index in [2.05, 4.69) is 13.8 Å². The minimum Gasteiger partial charge on any atom is -0.479 e. The van der Waals surface area contributed by atoms with Gasteiger partial charge in [0, 0.05) is 0 Å². The standard InChI is InChI=1S/C20H38O6/c1-5-9-11-15(7-3)13-25-17(19(21)22)18(20(23)24)26-14-16(8-4)12-10-6-2/h15-18H,5-14H2,1-4H3,(H,21,22)(H,23,24). The molecule has 6 nitrogen and oxygen atoms in total. The molecular formula is C20H38O6. The van der Waals surface area contributed by atoms with Crippen LogP contribution in [-0.4, -0.2) is 47.6 Å². The zero-order chi connectivity index (χ0) is 19.9. The number of unbranched alkanes of at least 4 members (excludes halogenated alkanes) is 2. The summed E-state index contributed by atoms with van der Waals surface area (Å²) in [4.78, 5) is 23.2. The van der Waals surface area contributed by atoms with Gasteiger partial charge in [-0.25, -0.2) is 9.59 Å². The van der Waals surface area contributed by atoms with Crippen molar-refractivity contribution in [3.8, 4) is 0 Å². The van der Waals surface area contributed by atoms with Gasteiger partial charge in [-0.05, 0) is 24.7 Å². The molecule has 0 heterocycles. The Hall–Kier alpha value is -1.14. The maximum absolute atomic E-state index is 11.6. The van der Waals surface area contributed by atoms with Crippen molar-refractivity contribution in [3.05, 3.63) is 0 Å². The van der Waals surface area contributed by atoms with E-state index < -0.39 is 24.1 Å². The second-order valence-electron chi connectivity index (χ2n) is 7.02. The highest BCUT2D eigenvalue weighted by Crippen LogP contribution is 2.18. The van der Waals surface area contributed by atoms with E-state index in [9.17, 15) is 19.8 Å². The van der Waals surface area contributed by atoms with Crippen molar-refractivity contribution < 1.29 is 29.3 Å². The van der Waals surface area contributed by atoms with Gasteiger partial charge in [0.15, 0.2) is 12.2 Å². The fourth-order valence-electron chi connectivity index (χ4n) is 2.85. The highest BCUT2D eigenvalue weighted by Gasteiger charge is 2.36. The minimum absolute atomic E-state index is 0.235.